The van der Waals surface area contributed by atoms with E-state index < -0.39 is 0 Å². The second kappa shape index (κ2) is 6.72. The fourth-order valence-corrected chi connectivity index (χ4v) is 4.07. The van der Waals surface area contributed by atoms with Crippen molar-refractivity contribution in [2.45, 2.75) is 6.42 Å². The fourth-order valence-electron chi connectivity index (χ4n) is 3.18. The van der Waals surface area contributed by atoms with Crippen LogP contribution in [0.4, 0.5) is 5.13 Å². The summed E-state index contributed by atoms with van der Waals surface area (Å²) in [6, 6.07) is 9.28. The molecule has 142 valence electrons. The number of nitrogens with zero attached hydrogens (tertiary/aromatic N) is 1. The van der Waals surface area contributed by atoms with Crippen molar-refractivity contribution in [3.8, 4) is 17.2 Å². The highest BCUT2D eigenvalue weighted by molar-refractivity contribution is 7.22. The molecule has 7 nitrogen and oxygen atoms in total. The maximum Gasteiger partial charge on any atom is 0.230 e. The fraction of sp³-hybridized carbons (Fsp3) is 0.200. The Kier molecular flexibility index (Phi) is 4.05. The van der Waals surface area contributed by atoms with Gasteiger partial charge in [-0.2, -0.15) is 0 Å². The predicted molar refractivity (Wildman–Crippen MR) is 106 cm³/mol. The Morgan fingerprint density at radius 1 is 1.21 bits per heavy atom. The molecule has 0 saturated carbocycles. The van der Waals surface area contributed by atoms with Crippen molar-refractivity contribution in [2.24, 2.45) is 0 Å². The molecule has 4 aromatic rings. The summed E-state index contributed by atoms with van der Waals surface area (Å²) >= 11 is 1.40. The molecule has 1 aliphatic heterocycles. The van der Waals surface area contributed by atoms with Gasteiger partial charge in [-0.25, -0.2) is 4.98 Å². The Labute approximate surface area is 163 Å². The molecule has 0 spiro atoms. The minimum Gasteiger partial charge on any atom is -0.497 e. The lowest BCUT2D eigenvalue weighted by Crippen LogP contribution is -2.15. The largest absolute Gasteiger partial charge is 0.497 e. The van der Waals surface area contributed by atoms with Crippen molar-refractivity contribution >= 4 is 43.6 Å². The monoisotopic (exact) mass is 396 g/mol. The molecule has 1 N–H and O–H groups in total. The van der Waals surface area contributed by atoms with E-state index in [0.29, 0.717) is 41.2 Å². The van der Waals surface area contributed by atoms with E-state index in [-0.39, 0.29) is 12.3 Å². The summed E-state index contributed by atoms with van der Waals surface area (Å²) in [6.07, 6.45) is 1.79. The van der Waals surface area contributed by atoms with E-state index in [1.54, 1.807) is 19.4 Å². The van der Waals surface area contributed by atoms with Gasteiger partial charge >= 0.3 is 0 Å². The molecule has 0 aliphatic carbocycles. The second-order valence-corrected chi connectivity index (χ2v) is 7.36. The van der Waals surface area contributed by atoms with Crippen LogP contribution in [-0.2, 0) is 11.2 Å². The van der Waals surface area contributed by atoms with Gasteiger partial charge in [-0.15, -0.1) is 0 Å². The number of ether oxygens (including phenoxy) is 3. The number of anilines is 1. The van der Waals surface area contributed by atoms with E-state index in [2.05, 4.69) is 10.3 Å². The lowest BCUT2D eigenvalue weighted by Gasteiger charge is -2.17. The van der Waals surface area contributed by atoms with E-state index >= 15 is 0 Å². The lowest BCUT2D eigenvalue weighted by molar-refractivity contribution is -0.115. The first-order valence-corrected chi connectivity index (χ1v) is 9.55. The number of aromatic nitrogens is 1. The number of rotatable bonds is 4. The zero-order valence-electron chi connectivity index (χ0n) is 15.0. The molecule has 28 heavy (non-hydrogen) atoms. The van der Waals surface area contributed by atoms with Crippen LogP contribution in [0.25, 0.3) is 21.2 Å². The zero-order valence-corrected chi connectivity index (χ0v) is 15.8. The number of hydrogen-bond donors (Lipinski definition) is 1. The van der Waals surface area contributed by atoms with Crippen LogP contribution >= 0.6 is 11.3 Å². The quantitative estimate of drug-likeness (QED) is 0.561. The molecule has 2 aromatic heterocycles. The normalized spacial score (nSPS) is 13.0. The van der Waals surface area contributed by atoms with Crippen molar-refractivity contribution in [1.29, 1.82) is 0 Å². The van der Waals surface area contributed by atoms with Crippen molar-refractivity contribution < 1.29 is 23.4 Å². The third kappa shape index (κ3) is 3.01. The van der Waals surface area contributed by atoms with Crippen molar-refractivity contribution in [2.75, 3.05) is 25.6 Å². The molecule has 8 heteroatoms. The summed E-state index contributed by atoms with van der Waals surface area (Å²) in [7, 11) is 1.60. The number of carbonyl (C=O) groups excluding carboxylic acids is 1. The van der Waals surface area contributed by atoms with Crippen LogP contribution in [0.3, 0.4) is 0 Å². The Bertz CT molecular complexity index is 1150. The number of hydrogen-bond acceptors (Lipinski definition) is 7. The first-order valence-electron chi connectivity index (χ1n) is 8.74. The molecule has 0 fully saturated rings. The third-order valence-corrected chi connectivity index (χ3v) is 5.45. The standard InChI is InChI=1S/C20H16N2O5S/c1-24-12-2-3-13-11(10-27-15(13)7-12)6-19(23)22-20-21-14-8-16-17(9-18(14)28-20)26-5-4-25-16/h2-3,7-10H,4-6H2,1H3,(H,21,22,23). The second-order valence-electron chi connectivity index (χ2n) is 6.33. The van der Waals surface area contributed by atoms with Crippen molar-refractivity contribution in [3.63, 3.8) is 0 Å². The summed E-state index contributed by atoms with van der Waals surface area (Å²) in [6.45, 7) is 1.06. The molecule has 2 aromatic carbocycles. The Hall–Kier alpha value is -3.26. The molecule has 0 bridgehead atoms. The average molecular weight is 396 g/mol. The molecule has 0 saturated heterocycles. The van der Waals surface area contributed by atoms with Gasteiger partial charge in [-0.1, -0.05) is 11.3 Å². The maximum atomic E-state index is 12.5. The van der Waals surface area contributed by atoms with Crippen LogP contribution in [0.2, 0.25) is 0 Å². The van der Waals surface area contributed by atoms with Crippen LogP contribution in [-0.4, -0.2) is 31.2 Å². The van der Waals surface area contributed by atoms with Crippen LogP contribution in [0.1, 0.15) is 5.56 Å². The predicted octanol–water partition coefficient (Wildman–Crippen LogP) is 4.00. The van der Waals surface area contributed by atoms with Crippen LogP contribution < -0.4 is 19.5 Å². The zero-order chi connectivity index (χ0) is 19.1. The number of methoxy groups -OCH3 is 1. The average Bonchev–Trinajstić information content (AvgIpc) is 3.28. The summed E-state index contributed by atoms with van der Waals surface area (Å²) in [5.74, 6) is 1.95. The Balaban J connectivity index is 1.35. The molecular weight excluding hydrogens is 380 g/mol. The van der Waals surface area contributed by atoms with E-state index in [1.807, 2.05) is 24.3 Å². The highest BCUT2D eigenvalue weighted by Gasteiger charge is 2.17. The number of fused-ring (bicyclic) bond motifs is 3. The van der Waals surface area contributed by atoms with E-state index in [0.717, 1.165) is 21.2 Å². The minimum absolute atomic E-state index is 0.158. The number of benzene rings is 2. The summed E-state index contributed by atoms with van der Waals surface area (Å²) in [5, 5.41) is 4.30. The summed E-state index contributed by atoms with van der Waals surface area (Å²) in [5.41, 5.74) is 2.27. The first kappa shape index (κ1) is 16.9. The molecule has 0 atom stereocenters. The number of furan rings is 1. The van der Waals surface area contributed by atoms with Gasteiger partial charge in [0.05, 0.1) is 30.0 Å². The Morgan fingerprint density at radius 3 is 2.86 bits per heavy atom. The maximum absolute atomic E-state index is 12.5. The minimum atomic E-state index is -0.158. The van der Waals surface area contributed by atoms with Gasteiger partial charge in [0.25, 0.3) is 0 Å². The molecule has 0 unspecified atom stereocenters. The summed E-state index contributed by atoms with van der Waals surface area (Å²) in [4.78, 5) is 17.0. The van der Waals surface area contributed by atoms with Crippen LogP contribution in [0, 0.1) is 0 Å². The van der Waals surface area contributed by atoms with Crippen molar-refractivity contribution in [1.82, 2.24) is 4.98 Å². The van der Waals surface area contributed by atoms with E-state index in [1.165, 1.54) is 11.3 Å². The Morgan fingerprint density at radius 2 is 2.04 bits per heavy atom. The molecule has 1 amide bonds. The number of thiazole rings is 1. The van der Waals surface area contributed by atoms with Crippen LogP contribution in [0.5, 0.6) is 17.2 Å². The van der Waals surface area contributed by atoms with Gasteiger partial charge in [0, 0.05) is 29.1 Å². The van der Waals surface area contributed by atoms with Gasteiger partial charge in [-0.05, 0) is 12.1 Å². The first-order chi connectivity index (χ1) is 13.7. The highest BCUT2D eigenvalue weighted by atomic mass is 32.1. The van der Waals surface area contributed by atoms with E-state index in [4.69, 9.17) is 18.6 Å². The van der Waals surface area contributed by atoms with Gasteiger partial charge in [0.2, 0.25) is 5.91 Å². The van der Waals surface area contributed by atoms with Gasteiger partial charge in [-0.3, -0.25) is 4.79 Å². The summed E-state index contributed by atoms with van der Waals surface area (Å²) < 4.78 is 22.8. The molecular formula is C20H16N2O5S. The number of nitrogens with one attached hydrogen (secondary N) is 1. The van der Waals surface area contributed by atoms with Gasteiger partial charge in [0.15, 0.2) is 16.6 Å². The van der Waals surface area contributed by atoms with Crippen molar-refractivity contribution in [3.05, 3.63) is 42.2 Å². The van der Waals surface area contributed by atoms with Gasteiger partial charge < -0.3 is 23.9 Å². The van der Waals surface area contributed by atoms with Gasteiger partial charge in [0.1, 0.15) is 24.5 Å². The molecule has 1 aliphatic rings. The van der Waals surface area contributed by atoms with Crippen LogP contribution in [0.15, 0.2) is 41.0 Å². The highest BCUT2D eigenvalue weighted by Crippen LogP contribution is 2.38. The molecule has 5 rings (SSSR count). The smallest absolute Gasteiger partial charge is 0.230 e. The lowest BCUT2D eigenvalue weighted by atomic mass is 10.1. The van der Waals surface area contributed by atoms with E-state index in [9.17, 15) is 4.79 Å². The molecule has 3 heterocycles. The molecule has 0 radical (unpaired) electrons. The number of carbonyl (C=O) groups is 1. The third-order valence-electron chi connectivity index (χ3n) is 4.51. The topological polar surface area (TPSA) is 82.8 Å². The SMILES string of the molecule is COc1ccc2c(CC(=O)Nc3nc4cc5c(cc4s3)OCCO5)coc2c1. The number of amides is 1.